The van der Waals surface area contributed by atoms with Crippen molar-refractivity contribution in [2.24, 2.45) is 17.6 Å². The van der Waals surface area contributed by atoms with Crippen LogP contribution in [0.1, 0.15) is 75.7 Å². The van der Waals surface area contributed by atoms with E-state index < -0.39 is 42.3 Å². The van der Waals surface area contributed by atoms with Crippen LogP contribution in [0, 0.1) is 11.8 Å². The summed E-state index contributed by atoms with van der Waals surface area (Å²) in [5, 5.41) is 9.72. The van der Waals surface area contributed by atoms with Crippen LogP contribution < -0.4 is 15.2 Å². The smallest absolute Gasteiger partial charge is 0.480 e. The van der Waals surface area contributed by atoms with E-state index in [0.29, 0.717) is 11.1 Å². The zero-order valence-electron chi connectivity index (χ0n) is 24.7. The van der Waals surface area contributed by atoms with E-state index in [-0.39, 0.29) is 43.0 Å². The summed E-state index contributed by atoms with van der Waals surface area (Å²) in [5.41, 5.74) is 6.74. The van der Waals surface area contributed by atoms with Crippen LogP contribution >= 0.6 is 0 Å². The standard InChI is InChI=1S/C31H41NO10/c1-6-19(3)17-38-30(36)41-25-14-13-23(16-26(25)42-31(37)39-18-20(4)7-2)24(27(32)28(33)34)15-21(5)40-29(35)22-11-9-8-10-12-22/h8-14,16,19-21,24,27H,6-7,15,17-18,32H2,1-5H3,(H,33,34)/t19?,20?,21?,24?,27-/m0/s1. The van der Waals surface area contributed by atoms with Gasteiger partial charge in [-0.05, 0) is 55.0 Å². The number of esters is 1. The number of carboxylic acids is 1. The number of ether oxygens (including phenoxy) is 5. The van der Waals surface area contributed by atoms with Crippen LogP contribution in [0.5, 0.6) is 11.5 Å². The van der Waals surface area contributed by atoms with Gasteiger partial charge in [0.15, 0.2) is 11.5 Å². The minimum absolute atomic E-state index is 0.0289. The van der Waals surface area contributed by atoms with Gasteiger partial charge in [-0.15, -0.1) is 0 Å². The molecule has 0 heterocycles. The van der Waals surface area contributed by atoms with Crippen LogP contribution in [-0.4, -0.2) is 54.7 Å². The first-order valence-electron chi connectivity index (χ1n) is 14.0. The third kappa shape index (κ3) is 11.0. The van der Waals surface area contributed by atoms with Crippen LogP contribution in [0.15, 0.2) is 48.5 Å². The number of carboxylic acid groups (broad SMARTS) is 1. The molecule has 2 aromatic rings. The second-order valence-corrected chi connectivity index (χ2v) is 10.3. The molecule has 0 aliphatic rings. The van der Waals surface area contributed by atoms with Gasteiger partial charge < -0.3 is 34.5 Å². The summed E-state index contributed by atoms with van der Waals surface area (Å²) in [4.78, 5) is 49.3. The van der Waals surface area contributed by atoms with Crippen molar-refractivity contribution in [2.45, 2.75) is 71.9 Å². The van der Waals surface area contributed by atoms with Gasteiger partial charge in [0.25, 0.3) is 0 Å². The lowest BCUT2D eigenvalue weighted by Crippen LogP contribution is -2.38. The van der Waals surface area contributed by atoms with E-state index in [1.165, 1.54) is 18.2 Å². The van der Waals surface area contributed by atoms with Crippen molar-refractivity contribution in [2.75, 3.05) is 13.2 Å². The molecule has 0 saturated heterocycles. The van der Waals surface area contributed by atoms with Gasteiger partial charge in [0.2, 0.25) is 0 Å². The van der Waals surface area contributed by atoms with Crippen molar-refractivity contribution in [1.82, 2.24) is 0 Å². The van der Waals surface area contributed by atoms with Gasteiger partial charge in [0, 0.05) is 5.92 Å². The first-order valence-corrected chi connectivity index (χ1v) is 14.0. The molecule has 0 radical (unpaired) electrons. The van der Waals surface area contributed by atoms with Crippen LogP contribution in [0.2, 0.25) is 0 Å². The topological polar surface area (TPSA) is 161 Å². The number of nitrogens with two attached hydrogens (primary N) is 1. The molecular formula is C31H41NO10. The Labute approximate surface area is 246 Å². The number of hydrogen-bond donors (Lipinski definition) is 2. The predicted molar refractivity (Wildman–Crippen MR) is 154 cm³/mol. The van der Waals surface area contributed by atoms with Gasteiger partial charge in [-0.25, -0.2) is 14.4 Å². The molecule has 230 valence electrons. The zero-order chi connectivity index (χ0) is 31.2. The summed E-state index contributed by atoms with van der Waals surface area (Å²) < 4.78 is 26.5. The molecular weight excluding hydrogens is 546 g/mol. The maximum Gasteiger partial charge on any atom is 0.513 e. The Hall–Kier alpha value is -4.12. The molecule has 0 bridgehead atoms. The summed E-state index contributed by atoms with van der Waals surface area (Å²) in [7, 11) is 0. The Morgan fingerprint density at radius 1 is 0.810 bits per heavy atom. The normalized spacial score (nSPS) is 14.4. The highest BCUT2D eigenvalue weighted by molar-refractivity contribution is 5.89. The van der Waals surface area contributed by atoms with E-state index in [1.807, 2.05) is 27.7 Å². The first kappa shape index (κ1) is 34.1. The van der Waals surface area contributed by atoms with E-state index in [9.17, 15) is 24.3 Å². The second kappa shape index (κ2) is 17.0. The molecule has 0 spiro atoms. The van der Waals surface area contributed by atoms with Crippen molar-refractivity contribution in [3.8, 4) is 11.5 Å². The Morgan fingerprint density at radius 2 is 1.36 bits per heavy atom. The number of hydrogen-bond acceptors (Lipinski definition) is 10. The Balaban J connectivity index is 2.34. The molecule has 0 amide bonds. The molecule has 2 rings (SSSR count). The molecule has 0 aliphatic heterocycles. The van der Waals surface area contributed by atoms with E-state index >= 15 is 0 Å². The summed E-state index contributed by atoms with van der Waals surface area (Å²) in [6.07, 6.45) is -1.16. The van der Waals surface area contributed by atoms with Gasteiger partial charge in [0.05, 0.1) is 18.8 Å². The van der Waals surface area contributed by atoms with Crippen LogP contribution in [0.3, 0.4) is 0 Å². The van der Waals surface area contributed by atoms with Crippen molar-refractivity contribution in [3.63, 3.8) is 0 Å². The molecule has 5 atom stereocenters. The molecule has 4 unspecified atom stereocenters. The maximum absolute atomic E-state index is 12.5. The lowest BCUT2D eigenvalue weighted by Gasteiger charge is -2.25. The average molecular weight is 588 g/mol. The highest BCUT2D eigenvalue weighted by Crippen LogP contribution is 2.35. The Morgan fingerprint density at radius 3 is 1.88 bits per heavy atom. The predicted octanol–water partition coefficient (Wildman–Crippen LogP) is 5.94. The van der Waals surface area contributed by atoms with Crippen molar-refractivity contribution in [1.29, 1.82) is 0 Å². The lowest BCUT2D eigenvalue weighted by molar-refractivity contribution is -0.139. The van der Waals surface area contributed by atoms with Crippen molar-refractivity contribution >= 4 is 24.2 Å². The summed E-state index contributed by atoms with van der Waals surface area (Å²) in [6, 6.07) is 11.2. The van der Waals surface area contributed by atoms with E-state index in [0.717, 1.165) is 12.8 Å². The van der Waals surface area contributed by atoms with E-state index in [1.54, 1.807) is 37.3 Å². The van der Waals surface area contributed by atoms with Crippen molar-refractivity contribution < 1.29 is 48.0 Å². The van der Waals surface area contributed by atoms with Crippen LogP contribution in [0.4, 0.5) is 9.59 Å². The minimum atomic E-state index is -1.40. The van der Waals surface area contributed by atoms with Gasteiger partial charge in [-0.2, -0.15) is 0 Å². The molecule has 3 N–H and O–H groups in total. The number of rotatable bonds is 15. The number of carbonyl (C=O) groups is 4. The average Bonchev–Trinajstić information content (AvgIpc) is 2.98. The van der Waals surface area contributed by atoms with Crippen molar-refractivity contribution in [3.05, 3.63) is 59.7 Å². The third-order valence-corrected chi connectivity index (χ3v) is 6.77. The largest absolute Gasteiger partial charge is 0.513 e. The van der Waals surface area contributed by atoms with Gasteiger partial charge in [-0.3, -0.25) is 4.79 Å². The quantitative estimate of drug-likeness (QED) is 0.144. The molecule has 0 aliphatic carbocycles. The first-order chi connectivity index (χ1) is 19.9. The molecule has 42 heavy (non-hydrogen) atoms. The monoisotopic (exact) mass is 587 g/mol. The van der Waals surface area contributed by atoms with Gasteiger partial charge in [0.1, 0.15) is 12.1 Å². The molecule has 11 nitrogen and oxygen atoms in total. The molecule has 11 heteroatoms. The number of benzene rings is 2. The second-order valence-electron chi connectivity index (χ2n) is 10.3. The highest BCUT2D eigenvalue weighted by Gasteiger charge is 2.30. The molecule has 2 aromatic carbocycles. The summed E-state index contributed by atoms with van der Waals surface area (Å²) in [6.45, 7) is 9.58. The van der Waals surface area contributed by atoms with Crippen LogP contribution in [-0.2, 0) is 19.0 Å². The Kier molecular flexibility index (Phi) is 13.8. The highest BCUT2D eigenvalue weighted by atomic mass is 16.7. The molecule has 0 saturated carbocycles. The lowest BCUT2D eigenvalue weighted by atomic mass is 9.87. The SMILES string of the molecule is CCC(C)COC(=O)Oc1ccc(C(CC(C)OC(=O)c2ccccc2)[C@H](N)C(=O)O)cc1OC(=O)OCC(C)CC. The third-order valence-electron chi connectivity index (χ3n) is 6.77. The fraction of sp³-hybridized carbons (Fsp3) is 0.484. The fourth-order valence-electron chi connectivity index (χ4n) is 3.71. The summed E-state index contributed by atoms with van der Waals surface area (Å²) >= 11 is 0. The Bertz CT molecular complexity index is 1190. The van der Waals surface area contributed by atoms with E-state index in [4.69, 9.17) is 29.4 Å². The van der Waals surface area contributed by atoms with E-state index in [2.05, 4.69) is 0 Å². The number of aliphatic carboxylic acids is 1. The number of carbonyl (C=O) groups excluding carboxylic acids is 3. The fourth-order valence-corrected chi connectivity index (χ4v) is 3.71. The van der Waals surface area contributed by atoms with Gasteiger partial charge >= 0.3 is 24.2 Å². The van der Waals surface area contributed by atoms with Crippen LogP contribution in [0.25, 0.3) is 0 Å². The minimum Gasteiger partial charge on any atom is -0.480 e. The zero-order valence-corrected chi connectivity index (χ0v) is 24.7. The maximum atomic E-state index is 12.5. The van der Waals surface area contributed by atoms with Gasteiger partial charge in [-0.1, -0.05) is 64.8 Å². The molecule has 0 aromatic heterocycles. The summed E-state index contributed by atoms with van der Waals surface area (Å²) in [5.74, 6) is -2.87. The molecule has 0 fully saturated rings.